The summed E-state index contributed by atoms with van der Waals surface area (Å²) in [7, 11) is 1.56. The van der Waals surface area contributed by atoms with E-state index in [1.807, 2.05) is 30.3 Å². The molecule has 2 aliphatic rings. The molecule has 0 spiro atoms. The first-order chi connectivity index (χ1) is 10.2. The number of hydrogen-bond acceptors (Lipinski definition) is 3. The van der Waals surface area contributed by atoms with Gasteiger partial charge in [-0.25, -0.2) is 0 Å². The summed E-state index contributed by atoms with van der Waals surface area (Å²) in [6.07, 6.45) is 2.91. The lowest BCUT2D eigenvalue weighted by Crippen LogP contribution is -2.47. The van der Waals surface area contributed by atoms with Crippen molar-refractivity contribution in [3.63, 3.8) is 0 Å². The van der Waals surface area contributed by atoms with Crippen molar-refractivity contribution in [3.05, 3.63) is 35.9 Å². The van der Waals surface area contributed by atoms with Crippen LogP contribution in [0.15, 0.2) is 30.3 Å². The summed E-state index contributed by atoms with van der Waals surface area (Å²) in [5.74, 6) is 1.20. The van der Waals surface area contributed by atoms with E-state index in [4.69, 9.17) is 4.74 Å². The number of fused-ring (bicyclic) bond motifs is 2. The second kappa shape index (κ2) is 6.16. The fourth-order valence-electron chi connectivity index (χ4n) is 4.16. The summed E-state index contributed by atoms with van der Waals surface area (Å²) in [6.45, 7) is 0.162. The van der Waals surface area contributed by atoms with Crippen LogP contribution in [0.1, 0.15) is 30.9 Å². The molecule has 3 rings (SSSR count). The molecular weight excluding hydrogens is 266 g/mol. The second-order valence-corrected chi connectivity index (χ2v) is 6.24. The Morgan fingerprint density at radius 1 is 1.33 bits per heavy atom. The Labute approximate surface area is 125 Å². The van der Waals surface area contributed by atoms with Gasteiger partial charge in [0.05, 0.1) is 0 Å². The van der Waals surface area contributed by atoms with E-state index in [0.717, 1.165) is 18.4 Å². The molecule has 2 bridgehead atoms. The SMILES string of the molecule is CO[C@H](C(=O)N[C@H]1[C@H]2CC[C@@H](C2)[C@H]1CO)c1ccccc1. The molecule has 1 aromatic carbocycles. The van der Waals surface area contributed by atoms with E-state index in [1.54, 1.807) is 7.11 Å². The maximum atomic E-state index is 12.6. The number of ether oxygens (including phenoxy) is 1. The smallest absolute Gasteiger partial charge is 0.253 e. The number of benzene rings is 1. The van der Waals surface area contributed by atoms with Crippen molar-refractivity contribution < 1.29 is 14.6 Å². The molecule has 0 aromatic heterocycles. The zero-order valence-corrected chi connectivity index (χ0v) is 12.4. The van der Waals surface area contributed by atoms with Crippen molar-refractivity contribution in [3.8, 4) is 0 Å². The van der Waals surface area contributed by atoms with Gasteiger partial charge in [0.25, 0.3) is 5.91 Å². The largest absolute Gasteiger partial charge is 0.396 e. The summed E-state index contributed by atoms with van der Waals surface area (Å²) in [6, 6.07) is 9.63. The van der Waals surface area contributed by atoms with Crippen LogP contribution in [-0.4, -0.2) is 30.8 Å². The second-order valence-electron chi connectivity index (χ2n) is 6.24. The van der Waals surface area contributed by atoms with Gasteiger partial charge in [-0.1, -0.05) is 30.3 Å². The van der Waals surface area contributed by atoms with Gasteiger partial charge in [0.2, 0.25) is 0 Å². The molecular formula is C17H23NO3. The van der Waals surface area contributed by atoms with Crippen LogP contribution in [-0.2, 0) is 9.53 Å². The fraction of sp³-hybridized carbons (Fsp3) is 0.588. The van der Waals surface area contributed by atoms with Crippen LogP contribution in [0.3, 0.4) is 0 Å². The molecule has 1 aromatic rings. The molecule has 2 saturated carbocycles. The molecule has 2 fully saturated rings. The number of amides is 1. The third kappa shape index (κ3) is 2.70. The summed E-state index contributed by atoms with van der Waals surface area (Å²) in [5, 5.41) is 12.7. The van der Waals surface area contributed by atoms with Crippen molar-refractivity contribution in [1.82, 2.24) is 5.32 Å². The van der Waals surface area contributed by atoms with Crippen LogP contribution in [0.4, 0.5) is 0 Å². The predicted molar refractivity (Wildman–Crippen MR) is 79.5 cm³/mol. The number of nitrogens with one attached hydrogen (secondary N) is 1. The van der Waals surface area contributed by atoms with Gasteiger partial charge < -0.3 is 15.2 Å². The number of carbonyl (C=O) groups is 1. The summed E-state index contributed by atoms with van der Waals surface area (Å²) >= 11 is 0. The van der Waals surface area contributed by atoms with Crippen molar-refractivity contribution in [2.24, 2.45) is 17.8 Å². The van der Waals surface area contributed by atoms with E-state index in [2.05, 4.69) is 5.32 Å². The van der Waals surface area contributed by atoms with E-state index in [1.165, 1.54) is 6.42 Å². The molecule has 4 nitrogen and oxygen atoms in total. The number of methoxy groups -OCH3 is 1. The first-order valence-corrected chi connectivity index (χ1v) is 7.73. The highest BCUT2D eigenvalue weighted by atomic mass is 16.5. The normalized spacial score (nSPS) is 32.1. The van der Waals surface area contributed by atoms with E-state index < -0.39 is 6.10 Å². The summed E-state index contributed by atoms with van der Waals surface area (Å²) in [5.41, 5.74) is 0.862. The highest BCUT2D eigenvalue weighted by Crippen LogP contribution is 2.48. The van der Waals surface area contributed by atoms with Gasteiger partial charge in [0.15, 0.2) is 6.10 Å². The molecule has 2 N–H and O–H groups in total. The minimum Gasteiger partial charge on any atom is -0.396 e. The van der Waals surface area contributed by atoms with E-state index >= 15 is 0 Å². The average Bonchev–Trinajstić information content (AvgIpc) is 3.10. The standard InChI is InChI=1S/C17H23NO3/c1-21-16(11-5-3-2-4-6-11)17(20)18-15-13-8-7-12(9-13)14(15)10-19/h2-6,12-16,19H,7-10H2,1H3,(H,18,20)/t12-,13-,14+,15-,16-/m0/s1. The molecule has 114 valence electrons. The molecule has 21 heavy (non-hydrogen) atoms. The van der Waals surface area contributed by atoms with E-state index in [-0.39, 0.29) is 24.5 Å². The lowest BCUT2D eigenvalue weighted by atomic mass is 9.85. The van der Waals surface area contributed by atoms with Gasteiger partial charge in [0.1, 0.15) is 0 Å². The maximum Gasteiger partial charge on any atom is 0.253 e. The van der Waals surface area contributed by atoms with Crippen LogP contribution >= 0.6 is 0 Å². The van der Waals surface area contributed by atoms with Crippen molar-refractivity contribution in [2.75, 3.05) is 13.7 Å². The third-order valence-corrected chi connectivity index (χ3v) is 5.18. The molecule has 2 aliphatic carbocycles. The minimum absolute atomic E-state index is 0.0975. The Morgan fingerprint density at radius 3 is 2.71 bits per heavy atom. The molecule has 0 radical (unpaired) electrons. The van der Waals surface area contributed by atoms with Crippen LogP contribution in [0.2, 0.25) is 0 Å². The Bertz CT molecular complexity index is 490. The zero-order chi connectivity index (χ0) is 14.8. The highest BCUT2D eigenvalue weighted by Gasteiger charge is 2.48. The van der Waals surface area contributed by atoms with Crippen molar-refractivity contribution >= 4 is 5.91 Å². The summed E-state index contributed by atoms with van der Waals surface area (Å²) in [4.78, 5) is 12.6. The first-order valence-electron chi connectivity index (χ1n) is 7.73. The average molecular weight is 289 g/mol. The van der Waals surface area contributed by atoms with Gasteiger partial charge in [0, 0.05) is 25.7 Å². The molecule has 0 heterocycles. The number of aliphatic hydroxyl groups excluding tert-OH is 1. The predicted octanol–water partition coefficient (Wildman–Crippen LogP) is 1.90. The van der Waals surface area contributed by atoms with E-state index in [0.29, 0.717) is 11.8 Å². The Morgan fingerprint density at radius 2 is 2.05 bits per heavy atom. The van der Waals surface area contributed by atoms with Gasteiger partial charge in [-0.3, -0.25) is 4.79 Å². The van der Waals surface area contributed by atoms with Crippen LogP contribution in [0.5, 0.6) is 0 Å². The quantitative estimate of drug-likeness (QED) is 0.870. The Kier molecular flexibility index (Phi) is 4.27. The maximum absolute atomic E-state index is 12.6. The van der Waals surface area contributed by atoms with Crippen LogP contribution < -0.4 is 5.32 Å². The molecule has 4 heteroatoms. The number of carbonyl (C=O) groups excluding carboxylic acids is 1. The van der Waals surface area contributed by atoms with Gasteiger partial charge >= 0.3 is 0 Å². The zero-order valence-electron chi connectivity index (χ0n) is 12.4. The topological polar surface area (TPSA) is 58.6 Å². The monoisotopic (exact) mass is 289 g/mol. The molecule has 1 amide bonds. The highest BCUT2D eigenvalue weighted by molar-refractivity contribution is 5.82. The van der Waals surface area contributed by atoms with Crippen molar-refractivity contribution in [1.29, 1.82) is 0 Å². The van der Waals surface area contributed by atoms with E-state index in [9.17, 15) is 9.90 Å². The Balaban J connectivity index is 1.70. The molecule has 5 atom stereocenters. The first kappa shape index (κ1) is 14.5. The molecule has 0 unspecified atom stereocenters. The fourth-order valence-corrected chi connectivity index (χ4v) is 4.16. The van der Waals surface area contributed by atoms with Gasteiger partial charge in [-0.05, 0) is 36.7 Å². The minimum atomic E-state index is -0.579. The lowest BCUT2D eigenvalue weighted by molar-refractivity contribution is -0.133. The lowest BCUT2D eigenvalue weighted by Gasteiger charge is -2.31. The van der Waals surface area contributed by atoms with Crippen molar-refractivity contribution in [2.45, 2.75) is 31.4 Å². The number of hydrogen-bond donors (Lipinski definition) is 2. The third-order valence-electron chi connectivity index (χ3n) is 5.18. The summed E-state index contributed by atoms with van der Waals surface area (Å²) < 4.78 is 5.38. The van der Waals surface area contributed by atoms with Gasteiger partial charge in [-0.15, -0.1) is 0 Å². The number of aliphatic hydroxyl groups is 1. The molecule has 0 aliphatic heterocycles. The molecule has 0 saturated heterocycles. The number of rotatable bonds is 5. The van der Waals surface area contributed by atoms with Gasteiger partial charge in [-0.2, -0.15) is 0 Å². The Hall–Kier alpha value is -1.39. The van der Waals surface area contributed by atoms with Crippen LogP contribution in [0.25, 0.3) is 0 Å². The van der Waals surface area contributed by atoms with Crippen LogP contribution in [0, 0.1) is 17.8 Å².